The van der Waals surface area contributed by atoms with Crippen molar-refractivity contribution < 1.29 is 13.7 Å². The van der Waals surface area contributed by atoms with E-state index in [1.54, 1.807) is 4.90 Å². The van der Waals surface area contributed by atoms with E-state index in [-0.39, 0.29) is 10.0 Å². The van der Waals surface area contributed by atoms with E-state index in [1.165, 1.54) is 25.7 Å². The fourth-order valence-electron chi connectivity index (χ4n) is 1.45. The summed E-state index contributed by atoms with van der Waals surface area (Å²) in [6.45, 7) is 10.5. The number of quaternary nitrogens is 1. The van der Waals surface area contributed by atoms with E-state index in [4.69, 9.17) is 0 Å². The Bertz CT molecular complexity index is 391. The number of rotatable bonds is 4. The Labute approximate surface area is 124 Å². The number of benzene rings is 1. The van der Waals surface area contributed by atoms with Crippen LogP contribution in [0.25, 0.3) is 0 Å². The van der Waals surface area contributed by atoms with Gasteiger partial charge in [0.05, 0.1) is 25.3 Å². The van der Waals surface area contributed by atoms with Gasteiger partial charge in [0, 0.05) is 6.07 Å². The topological polar surface area (TPSA) is 16.5 Å². The Morgan fingerprint density at radius 1 is 1.21 bits per heavy atom. The summed E-state index contributed by atoms with van der Waals surface area (Å²) in [6.07, 6.45) is 0. The van der Waals surface area contributed by atoms with Crippen molar-refractivity contribution >= 4 is 34.9 Å². The molecule has 19 heavy (non-hydrogen) atoms. The van der Waals surface area contributed by atoms with Gasteiger partial charge in [-0.05, 0) is 32.9 Å². The molecule has 108 valence electrons. The predicted molar refractivity (Wildman–Crippen MR) is 82.5 cm³/mol. The minimum Gasteiger partial charge on any atom is -0.411 e. The van der Waals surface area contributed by atoms with Crippen LogP contribution in [0.5, 0.6) is 0 Å². The van der Waals surface area contributed by atoms with Crippen molar-refractivity contribution in [2.45, 2.75) is 20.8 Å². The van der Waals surface area contributed by atoms with Crippen LogP contribution in [0.15, 0.2) is 18.2 Å². The van der Waals surface area contributed by atoms with Crippen molar-refractivity contribution in [3.05, 3.63) is 29.8 Å². The molecule has 0 bridgehead atoms. The molecular weight excluding hydrogens is 286 g/mol. The summed E-state index contributed by atoms with van der Waals surface area (Å²) < 4.78 is 25.2. The summed E-state index contributed by atoms with van der Waals surface area (Å²) in [7, 11) is 0. The third-order valence-corrected chi connectivity index (χ3v) is 2.87. The monoisotopic (exact) mass is 306 g/mol. The maximum Gasteiger partial charge on any atom is 0.149 e. The molecule has 0 aliphatic rings. The standard InChI is InChI=1S/C7H5F2NS2.C6H15N/c8-4-1-2-6(5(9)3-4)10-7(11)12;1-4-7(5-2)6-3/h1-3H,(H2,10,11,12);4-6H2,1-3H3. The molecule has 0 aliphatic carbocycles. The lowest BCUT2D eigenvalue weighted by Gasteiger charge is -2.10. The average molecular weight is 306 g/mol. The summed E-state index contributed by atoms with van der Waals surface area (Å²) in [4.78, 5) is 1.68. The second kappa shape index (κ2) is 10.00. The molecule has 1 rings (SSSR count). The van der Waals surface area contributed by atoms with E-state index in [0.29, 0.717) is 0 Å². The van der Waals surface area contributed by atoms with E-state index in [2.05, 4.69) is 50.9 Å². The van der Waals surface area contributed by atoms with Crippen LogP contribution in [-0.2, 0) is 12.6 Å². The van der Waals surface area contributed by atoms with Crippen LogP contribution in [0.2, 0.25) is 0 Å². The number of hydrogen-bond acceptors (Lipinski definition) is 2. The van der Waals surface area contributed by atoms with Gasteiger partial charge in [0.15, 0.2) is 0 Å². The van der Waals surface area contributed by atoms with Crippen LogP contribution < -0.4 is 10.2 Å². The molecule has 0 saturated carbocycles. The Kier molecular flexibility index (Phi) is 9.55. The molecule has 0 fully saturated rings. The Morgan fingerprint density at radius 3 is 2.05 bits per heavy atom. The summed E-state index contributed by atoms with van der Waals surface area (Å²) in [6, 6.07) is 3.12. The molecule has 0 unspecified atom stereocenters. The average Bonchev–Trinajstić information content (AvgIpc) is 2.35. The Morgan fingerprint density at radius 2 is 1.74 bits per heavy atom. The molecule has 0 saturated heterocycles. The first kappa shape index (κ1) is 18.1. The van der Waals surface area contributed by atoms with E-state index in [9.17, 15) is 8.78 Å². The normalized spacial score (nSPS) is 9.79. The Balaban J connectivity index is 0.000000399. The van der Waals surface area contributed by atoms with Crippen molar-refractivity contribution in [1.29, 1.82) is 0 Å². The predicted octanol–water partition coefficient (Wildman–Crippen LogP) is 2.14. The van der Waals surface area contributed by atoms with Gasteiger partial charge in [-0.3, -0.25) is 0 Å². The molecule has 0 atom stereocenters. The molecule has 2 N–H and O–H groups in total. The zero-order valence-electron chi connectivity index (χ0n) is 11.4. The molecule has 1 aromatic rings. The first-order chi connectivity index (χ1) is 8.94. The molecule has 0 aliphatic heterocycles. The molecule has 0 spiro atoms. The van der Waals surface area contributed by atoms with Gasteiger partial charge in [0.2, 0.25) is 0 Å². The minimum atomic E-state index is -0.706. The largest absolute Gasteiger partial charge is 0.411 e. The number of hydrogen-bond donors (Lipinski definition) is 2. The van der Waals surface area contributed by atoms with Crippen molar-refractivity contribution in [2.24, 2.45) is 0 Å². The van der Waals surface area contributed by atoms with Gasteiger partial charge < -0.3 is 35.1 Å². The second-order valence-electron chi connectivity index (χ2n) is 3.85. The minimum absolute atomic E-state index is 0.0282. The van der Waals surface area contributed by atoms with E-state index in [1.807, 2.05) is 0 Å². The van der Waals surface area contributed by atoms with Crippen molar-refractivity contribution in [3.63, 3.8) is 0 Å². The second-order valence-corrected chi connectivity index (χ2v) is 4.92. The maximum atomic E-state index is 12.8. The molecular formula is C13H20F2N2S2. The lowest BCUT2D eigenvalue weighted by Crippen LogP contribution is -3.11. The number of thiocarbonyl (C=S) groups is 1. The molecule has 0 aromatic heterocycles. The quantitative estimate of drug-likeness (QED) is 0.655. The zero-order valence-corrected chi connectivity index (χ0v) is 13.1. The highest BCUT2D eigenvalue weighted by atomic mass is 32.1. The molecule has 1 aromatic carbocycles. The molecule has 0 amide bonds. The molecule has 0 radical (unpaired) electrons. The van der Waals surface area contributed by atoms with E-state index in [0.717, 1.165) is 12.1 Å². The lowest BCUT2D eigenvalue weighted by atomic mass is 10.3. The molecule has 2 nitrogen and oxygen atoms in total. The van der Waals surface area contributed by atoms with Gasteiger partial charge in [-0.25, -0.2) is 8.78 Å². The van der Waals surface area contributed by atoms with Gasteiger partial charge in [0.25, 0.3) is 0 Å². The van der Waals surface area contributed by atoms with Crippen LogP contribution >= 0.6 is 12.2 Å². The highest BCUT2D eigenvalue weighted by Gasteiger charge is 2.00. The maximum absolute atomic E-state index is 12.8. The van der Waals surface area contributed by atoms with Crippen molar-refractivity contribution in [1.82, 2.24) is 0 Å². The fraction of sp³-hybridized carbons (Fsp3) is 0.462. The Hall–Kier alpha value is -0.850. The van der Waals surface area contributed by atoms with Gasteiger partial charge >= 0.3 is 0 Å². The summed E-state index contributed by atoms with van der Waals surface area (Å²) >= 11 is 9.03. The summed E-state index contributed by atoms with van der Waals surface area (Å²) in [5.74, 6) is -1.34. The smallest absolute Gasteiger partial charge is 0.149 e. The highest BCUT2D eigenvalue weighted by Crippen LogP contribution is 2.14. The molecule has 0 heterocycles. The number of halogens is 2. The van der Waals surface area contributed by atoms with Crippen LogP contribution in [0.1, 0.15) is 20.8 Å². The van der Waals surface area contributed by atoms with Crippen molar-refractivity contribution in [3.8, 4) is 0 Å². The first-order valence-corrected chi connectivity index (χ1v) is 7.02. The van der Waals surface area contributed by atoms with E-state index < -0.39 is 11.6 Å². The van der Waals surface area contributed by atoms with E-state index >= 15 is 0 Å². The van der Waals surface area contributed by atoms with Crippen LogP contribution in [-0.4, -0.2) is 24.0 Å². The highest BCUT2D eigenvalue weighted by molar-refractivity contribution is 8.00. The SMILES string of the molecule is CC[NH+](CC)CC.Fc1ccc(NC(=S)[S-])c(F)c1. The fourth-order valence-corrected chi connectivity index (χ4v) is 1.67. The first-order valence-electron chi connectivity index (χ1n) is 6.21. The summed E-state index contributed by atoms with van der Waals surface area (Å²) in [5.41, 5.74) is 0.0939. The van der Waals surface area contributed by atoms with Gasteiger partial charge in [-0.2, -0.15) is 0 Å². The van der Waals surface area contributed by atoms with Gasteiger partial charge in [0.1, 0.15) is 11.6 Å². The lowest BCUT2D eigenvalue weighted by molar-refractivity contribution is -0.894. The van der Waals surface area contributed by atoms with Crippen LogP contribution in [0.4, 0.5) is 14.5 Å². The zero-order chi connectivity index (χ0) is 14.8. The summed E-state index contributed by atoms with van der Waals surface area (Å²) in [5, 5.41) is 2.40. The third-order valence-electron chi connectivity index (χ3n) is 2.67. The number of anilines is 1. The molecule has 6 heteroatoms. The van der Waals surface area contributed by atoms with Crippen LogP contribution in [0, 0.1) is 11.6 Å². The van der Waals surface area contributed by atoms with Crippen molar-refractivity contribution in [2.75, 3.05) is 25.0 Å². The van der Waals surface area contributed by atoms with Crippen LogP contribution in [0.3, 0.4) is 0 Å². The van der Waals surface area contributed by atoms with Gasteiger partial charge in [-0.15, -0.1) is 0 Å². The van der Waals surface area contributed by atoms with Gasteiger partial charge in [-0.1, -0.05) is 4.32 Å². The third kappa shape index (κ3) is 8.02. The number of nitrogens with one attached hydrogen (secondary N) is 2.